The molecule has 1 N–H and O–H groups in total. The van der Waals surface area contributed by atoms with Gasteiger partial charge in [-0.25, -0.2) is 0 Å². The average molecular weight is 302 g/mol. The number of rotatable bonds is 3. The van der Waals surface area contributed by atoms with Crippen molar-refractivity contribution < 1.29 is 14.7 Å². The van der Waals surface area contributed by atoms with Gasteiger partial charge in [0.25, 0.3) is 0 Å². The maximum Gasteiger partial charge on any atom is 0.307 e. The van der Waals surface area contributed by atoms with Gasteiger partial charge in [0.2, 0.25) is 5.91 Å². The Morgan fingerprint density at radius 1 is 1.32 bits per heavy atom. The number of nitrogens with zero attached hydrogens (tertiary/aromatic N) is 1. The molecule has 0 bridgehead atoms. The van der Waals surface area contributed by atoms with Gasteiger partial charge in [-0.1, -0.05) is 23.2 Å². The lowest BCUT2D eigenvalue weighted by Crippen LogP contribution is -2.40. The van der Waals surface area contributed by atoms with Crippen molar-refractivity contribution in [2.75, 3.05) is 6.54 Å². The number of carbonyl (C=O) groups is 2. The molecule has 1 atom stereocenters. The highest BCUT2D eigenvalue weighted by molar-refractivity contribution is 6.34. The van der Waals surface area contributed by atoms with E-state index in [-0.39, 0.29) is 12.3 Å². The first-order chi connectivity index (χ1) is 8.95. The van der Waals surface area contributed by atoms with Crippen LogP contribution in [0.2, 0.25) is 10.0 Å². The monoisotopic (exact) mass is 301 g/mol. The van der Waals surface area contributed by atoms with Gasteiger partial charge in [-0.2, -0.15) is 0 Å². The maximum absolute atomic E-state index is 11.9. The number of carboxylic acid groups (broad SMARTS) is 1. The number of hydrogen-bond acceptors (Lipinski definition) is 2. The van der Waals surface area contributed by atoms with Crippen LogP contribution in [0.25, 0.3) is 0 Å². The molecule has 6 heteroatoms. The average Bonchev–Trinajstić information content (AvgIpc) is 2.30. The fraction of sp³-hybridized carbons (Fsp3) is 0.385. The summed E-state index contributed by atoms with van der Waals surface area (Å²) in [6, 6.07) is 5.14. The second-order valence-electron chi connectivity index (χ2n) is 4.62. The minimum Gasteiger partial charge on any atom is -0.481 e. The summed E-state index contributed by atoms with van der Waals surface area (Å²) in [5, 5.41) is 9.95. The molecule has 2 rings (SSSR count). The van der Waals surface area contributed by atoms with Crippen LogP contribution in [-0.2, 0) is 16.1 Å². The molecule has 19 heavy (non-hydrogen) atoms. The molecule has 1 saturated heterocycles. The molecule has 1 amide bonds. The zero-order chi connectivity index (χ0) is 14.0. The SMILES string of the molecule is O=C(O)C1CCN(Cc2cc(Cl)cc(Cl)c2)C(=O)C1. The molecule has 4 nitrogen and oxygen atoms in total. The summed E-state index contributed by atoms with van der Waals surface area (Å²) >= 11 is 11.8. The largest absolute Gasteiger partial charge is 0.481 e. The van der Waals surface area contributed by atoms with Crippen LogP contribution in [0.4, 0.5) is 0 Å². The van der Waals surface area contributed by atoms with Crippen LogP contribution in [0.3, 0.4) is 0 Å². The minimum atomic E-state index is -0.904. The fourth-order valence-corrected chi connectivity index (χ4v) is 2.75. The van der Waals surface area contributed by atoms with E-state index >= 15 is 0 Å². The van der Waals surface area contributed by atoms with Crippen molar-refractivity contribution in [3.05, 3.63) is 33.8 Å². The van der Waals surface area contributed by atoms with Crippen molar-refractivity contribution in [1.82, 2.24) is 4.90 Å². The Morgan fingerprint density at radius 3 is 2.47 bits per heavy atom. The summed E-state index contributed by atoms with van der Waals surface area (Å²) < 4.78 is 0. The van der Waals surface area contributed by atoms with E-state index in [2.05, 4.69) is 0 Å². The van der Waals surface area contributed by atoms with Crippen molar-refractivity contribution in [3.8, 4) is 0 Å². The van der Waals surface area contributed by atoms with E-state index in [1.165, 1.54) is 0 Å². The van der Waals surface area contributed by atoms with Crippen LogP contribution in [0.5, 0.6) is 0 Å². The molecule has 1 aliphatic heterocycles. The van der Waals surface area contributed by atoms with Gasteiger partial charge in [0.15, 0.2) is 0 Å². The Labute approximate surface area is 120 Å². The van der Waals surface area contributed by atoms with E-state index < -0.39 is 11.9 Å². The molecule has 1 aromatic rings. The van der Waals surface area contributed by atoms with Crippen LogP contribution in [0.15, 0.2) is 18.2 Å². The second-order valence-corrected chi connectivity index (χ2v) is 5.49. The van der Waals surface area contributed by atoms with Gasteiger partial charge in [0.1, 0.15) is 0 Å². The predicted molar refractivity (Wildman–Crippen MR) is 72.2 cm³/mol. The number of halogens is 2. The summed E-state index contributed by atoms with van der Waals surface area (Å²) in [6.07, 6.45) is 0.541. The van der Waals surface area contributed by atoms with Crippen LogP contribution in [0, 0.1) is 5.92 Å². The van der Waals surface area contributed by atoms with E-state index in [4.69, 9.17) is 28.3 Å². The normalized spacial score (nSPS) is 19.6. The molecule has 0 aliphatic carbocycles. The van der Waals surface area contributed by atoms with Gasteiger partial charge in [0.05, 0.1) is 5.92 Å². The van der Waals surface area contributed by atoms with Gasteiger partial charge < -0.3 is 10.0 Å². The summed E-state index contributed by atoms with van der Waals surface area (Å²) in [5.41, 5.74) is 0.847. The van der Waals surface area contributed by atoms with Gasteiger partial charge >= 0.3 is 5.97 Å². The number of likely N-dealkylation sites (tertiary alicyclic amines) is 1. The molecule has 0 radical (unpaired) electrons. The summed E-state index contributed by atoms with van der Waals surface area (Å²) in [7, 11) is 0. The Bertz CT molecular complexity index is 498. The highest BCUT2D eigenvalue weighted by atomic mass is 35.5. The molecule has 1 fully saturated rings. The third kappa shape index (κ3) is 3.61. The summed E-state index contributed by atoms with van der Waals surface area (Å²) in [4.78, 5) is 24.4. The Hall–Kier alpha value is -1.26. The molecule has 0 aromatic heterocycles. The molecule has 1 heterocycles. The number of carboxylic acids is 1. The van der Waals surface area contributed by atoms with Crippen molar-refractivity contribution in [2.45, 2.75) is 19.4 Å². The molecule has 0 saturated carbocycles. The lowest BCUT2D eigenvalue weighted by Gasteiger charge is -2.30. The third-order valence-corrected chi connectivity index (χ3v) is 3.60. The van der Waals surface area contributed by atoms with Crippen molar-refractivity contribution in [1.29, 1.82) is 0 Å². The lowest BCUT2D eigenvalue weighted by atomic mass is 9.96. The van der Waals surface area contributed by atoms with Crippen LogP contribution >= 0.6 is 23.2 Å². The van der Waals surface area contributed by atoms with E-state index in [1.54, 1.807) is 23.1 Å². The second kappa shape index (κ2) is 5.80. The smallest absolute Gasteiger partial charge is 0.307 e. The van der Waals surface area contributed by atoms with E-state index in [0.29, 0.717) is 29.6 Å². The Kier molecular flexibility index (Phi) is 4.32. The minimum absolute atomic E-state index is 0.0592. The van der Waals surface area contributed by atoms with E-state index in [9.17, 15) is 9.59 Å². The highest BCUT2D eigenvalue weighted by Crippen LogP contribution is 2.23. The Balaban J connectivity index is 2.04. The molecule has 0 spiro atoms. The van der Waals surface area contributed by atoms with Crippen LogP contribution in [-0.4, -0.2) is 28.4 Å². The zero-order valence-corrected chi connectivity index (χ0v) is 11.6. The van der Waals surface area contributed by atoms with Crippen molar-refractivity contribution in [2.24, 2.45) is 5.92 Å². The first-order valence-corrected chi connectivity index (χ1v) is 6.67. The van der Waals surface area contributed by atoms with Gasteiger partial charge in [-0.15, -0.1) is 0 Å². The third-order valence-electron chi connectivity index (χ3n) is 3.17. The quantitative estimate of drug-likeness (QED) is 0.934. The van der Waals surface area contributed by atoms with Crippen molar-refractivity contribution >= 4 is 35.1 Å². The summed E-state index contributed by atoms with van der Waals surface area (Å²) in [6.45, 7) is 0.853. The molecular formula is C13H13Cl2NO3. The summed E-state index contributed by atoms with van der Waals surface area (Å²) in [5.74, 6) is -1.61. The maximum atomic E-state index is 11.9. The zero-order valence-electron chi connectivity index (χ0n) is 10.1. The van der Waals surface area contributed by atoms with Crippen LogP contribution < -0.4 is 0 Å². The standard InChI is InChI=1S/C13H13Cl2NO3/c14-10-3-8(4-11(15)6-10)7-16-2-1-9(13(18)19)5-12(16)17/h3-4,6,9H,1-2,5,7H2,(H,18,19). The van der Waals surface area contributed by atoms with Gasteiger partial charge in [-0.3, -0.25) is 9.59 Å². The van der Waals surface area contributed by atoms with E-state index in [1.807, 2.05) is 0 Å². The number of amides is 1. The lowest BCUT2D eigenvalue weighted by molar-refractivity contribution is -0.149. The number of carbonyl (C=O) groups excluding carboxylic acids is 1. The molecule has 1 unspecified atom stereocenters. The number of piperidine rings is 1. The van der Waals surface area contributed by atoms with E-state index in [0.717, 1.165) is 5.56 Å². The molecule has 1 aliphatic rings. The van der Waals surface area contributed by atoms with Crippen LogP contribution in [0.1, 0.15) is 18.4 Å². The first kappa shape index (κ1) is 14.2. The fourth-order valence-electron chi connectivity index (χ4n) is 2.18. The van der Waals surface area contributed by atoms with Gasteiger partial charge in [-0.05, 0) is 30.2 Å². The number of benzene rings is 1. The molecular weight excluding hydrogens is 289 g/mol. The first-order valence-electron chi connectivity index (χ1n) is 5.91. The molecule has 1 aromatic carbocycles. The Morgan fingerprint density at radius 2 is 1.95 bits per heavy atom. The highest BCUT2D eigenvalue weighted by Gasteiger charge is 2.30. The predicted octanol–water partition coefficient (Wildman–Crippen LogP) is 2.82. The topological polar surface area (TPSA) is 57.6 Å². The van der Waals surface area contributed by atoms with Gasteiger partial charge in [0, 0.05) is 29.6 Å². The number of aliphatic carboxylic acids is 1. The molecule has 102 valence electrons. The van der Waals surface area contributed by atoms with Crippen molar-refractivity contribution in [3.63, 3.8) is 0 Å². The number of hydrogen-bond donors (Lipinski definition) is 1.